The van der Waals surface area contributed by atoms with Crippen molar-refractivity contribution in [2.45, 2.75) is 63.3 Å². The van der Waals surface area contributed by atoms with Gasteiger partial charge in [-0.15, -0.1) is 0 Å². The maximum Gasteiger partial charge on any atom is 0.246 e. The first-order valence-corrected chi connectivity index (χ1v) is 6.80. The van der Waals surface area contributed by atoms with E-state index < -0.39 is 0 Å². The Morgan fingerprint density at radius 3 is 2.71 bits per heavy atom. The van der Waals surface area contributed by atoms with Crippen molar-refractivity contribution in [2.75, 3.05) is 0 Å². The molecule has 0 bridgehead atoms. The van der Waals surface area contributed by atoms with Crippen LogP contribution in [0.15, 0.2) is 4.52 Å². The summed E-state index contributed by atoms with van der Waals surface area (Å²) in [6.45, 7) is 2.29. The third kappa shape index (κ3) is 1.99. The number of nitrogens with two attached hydrogens (primary N) is 1. The molecule has 0 radical (unpaired) electrons. The summed E-state index contributed by atoms with van der Waals surface area (Å²) < 4.78 is 5.41. The van der Waals surface area contributed by atoms with Gasteiger partial charge in [-0.3, -0.25) is 0 Å². The zero-order valence-electron chi connectivity index (χ0n) is 10.5. The average molecular weight is 235 g/mol. The van der Waals surface area contributed by atoms with E-state index in [0.29, 0.717) is 11.8 Å². The van der Waals surface area contributed by atoms with Crippen molar-refractivity contribution in [3.8, 4) is 0 Å². The third-order valence-electron chi connectivity index (χ3n) is 4.42. The van der Waals surface area contributed by atoms with Crippen LogP contribution in [0.5, 0.6) is 0 Å². The molecule has 4 nitrogen and oxygen atoms in total. The molecular formula is C13H21N3O. The van der Waals surface area contributed by atoms with Gasteiger partial charge in [0.25, 0.3) is 0 Å². The summed E-state index contributed by atoms with van der Waals surface area (Å²) in [7, 11) is 0. The SMILES string of the molecule is CC1CCC(c2noc(C3(N)CCCC3)n2)C1. The minimum Gasteiger partial charge on any atom is -0.337 e. The van der Waals surface area contributed by atoms with E-state index in [9.17, 15) is 0 Å². The molecule has 2 aliphatic carbocycles. The maximum absolute atomic E-state index is 6.32. The number of rotatable bonds is 2. The summed E-state index contributed by atoms with van der Waals surface area (Å²) in [5.41, 5.74) is 5.99. The van der Waals surface area contributed by atoms with Crippen molar-refractivity contribution in [1.29, 1.82) is 0 Å². The zero-order chi connectivity index (χ0) is 11.9. The lowest BCUT2D eigenvalue weighted by Gasteiger charge is -2.17. The van der Waals surface area contributed by atoms with Gasteiger partial charge in [0.1, 0.15) is 0 Å². The van der Waals surface area contributed by atoms with E-state index in [-0.39, 0.29) is 5.54 Å². The quantitative estimate of drug-likeness (QED) is 0.856. The number of aromatic nitrogens is 2. The fraction of sp³-hybridized carbons (Fsp3) is 0.846. The Bertz CT molecular complexity index is 395. The predicted molar refractivity (Wildman–Crippen MR) is 64.4 cm³/mol. The highest BCUT2D eigenvalue weighted by atomic mass is 16.5. The van der Waals surface area contributed by atoms with Gasteiger partial charge in [-0.1, -0.05) is 24.9 Å². The molecule has 0 saturated heterocycles. The highest BCUT2D eigenvalue weighted by Gasteiger charge is 2.38. The predicted octanol–water partition coefficient (Wildman–Crippen LogP) is 2.70. The van der Waals surface area contributed by atoms with E-state index >= 15 is 0 Å². The summed E-state index contributed by atoms with van der Waals surface area (Å²) in [4.78, 5) is 4.58. The molecule has 2 unspecified atom stereocenters. The molecule has 2 saturated carbocycles. The summed E-state index contributed by atoms with van der Waals surface area (Å²) in [6.07, 6.45) is 7.98. The van der Waals surface area contributed by atoms with Crippen molar-refractivity contribution in [1.82, 2.24) is 10.1 Å². The maximum atomic E-state index is 6.32. The Morgan fingerprint density at radius 2 is 2.06 bits per heavy atom. The van der Waals surface area contributed by atoms with Crippen LogP contribution in [0.1, 0.15) is 69.5 Å². The number of hydrogen-bond donors (Lipinski definition) is 1. The van der Waals surface area contributed by atoms with Crippen LogP contribution in [-0.4, -0.2) is 10.1 Å². The van der Waals surface area contributed by atoms with Gasteiger partial charge in [-0.2, -0.15) is 4.98 Å². The third-order valence-corrected chi connectivity index (χ3v) is 4.42. The molecule has 2 N–H and O–H groups in total. The second kappa shape index (κ2) is 4.09. The first-order valence-electron chi connectivity index (χ1n) is 6.80. The lowest BCUT2D eigenvalue weighted by molar-refractivity contribution is 0.283. The van der Waals surface area contributed by atoms with Gasteiger partial charge in [0.15, 0.2) is 5.82 Å². The Labute approximate surface area is 102 Å². The molecule has 0 spiro atoms. The van der Waals surface area contributed by atoms with Crippen molar-refractivity contribution in [3.05, 3.63) is 11.7 Å². The second-order valence-electron chi connectivity index (χ2n) is 5.94. The van der Waals surface area contributed by atoms with E-state index in [1.165, 1.54) is 32.1 Å². The summed E-state index contributed by atoms with van der Waals surface area (Å²) in [6, 6.07) is 0. The lowest BCUT2D eigenvalue weighted by atomic mass is 9.99. The number of hydrogen-bond acceptors (Lipinski definition) is 4. The van der Waals surface area contributed by atoms with Crippen LogP contribution in [0, 0.1) is 5.92 Å². The molecule has 1 aromatic heterocycles. The van der Waals surface area contributed by atoms with Crippen molar-refractivity contribution < 1.29 is 4.52 Å². The topological polar surface area (TPSA) is 64.9 Å². The highest BCUT2D eigenvalue weighted by molar-refractivity contribution is 5.07. The van der Waals surface area contributed by atoms with E-state index in [2.05, 4.69) is 17.1 Å². The van der Waals surface area contributed by atoms with Crippen LogP contribution in [0.25, 0.3) is 0 Å². The van der Waals surface area contributed by atoms with Crippen LogP contribution in [-0.2, 0) is 5.54 Å². The number of nitrogens with zero attached hydrogens (tertiary/aromatic N) is 2. The Hall–Kier alpha value is -0.900. The van der Waals surface area contributed by atoms with Crippen molar-refractivity contribution in [2.24, 2.45) is 11.7 Å². The minimum atomic E-state index is -0.338. The van der Waals surface area contributed by atoms with Gasteiger partial charge in [0.05, 0.1) is 5.54 Å². The fourth-order valence-electron chi connectivity index (χ4n) is 3.26. The Kier molecular flexibility index (Phi) is 2.69. The second-order valence-corrected chi connectivity index (χ2v) is 5.94. The van der Waals surface area contributed by atoms with Gasteiger partial charge in [0, 0.05) is 5.92 Å². The van der Waals surface area contributed by atoms with Crippen LogP contribution >= 0.6 is 0 Å². The molecule has 94 valence electrons. The molecule has 0 amide bonds. The molecule has 4 heteroatoms. The Morgan fingerprint density at radius 1 is 1.29 bits per heavy atom. The molecule has 2 atom stereocenters. The average Bonchev–Trinajstić information content (AvgIpc) is 2.96. The van der Waals surface area contributed by atoms with E-state index in [4.69, 9.17) is 10.3 Å². The molecule has 1 aromatic rings. The van der Waals surface area contributed by atoms with E-state index in [1.807, 2.05) is 0 Å². The van der Waals surface area contributed by atoms with Crippen LogP contribution in [0.2, 0.25) is 0 Å². The highest BCUT2D eigenvalue weighted by Crippen LogP contribution is 2.39. The summed E-state index contributed by atoms with van der Waals surface area (Å²) in [5, 5.41) is 4.16. The molecular weight excluding hydrogens is 214 g/mol. The monoisotopic (exact) mass is 235 g/mol. The minimum absolute atomic E-state index is 0.338. The fourth-order valence-corrected chi connectivity index (χ4v) is 3.26. The van der Waals surface area contributed by atoms with Crippen LogP contribution in [0.4, 0.5) is 0 Å². The first-order chi connectivity index (χ1) is 8.17. The largest absolute Gasteiger partial charge is 0.337 e. The van der Waals surface area contributed by atoms with Gasteiger partial charge in [-0.25, -0.2) is 0 Å². The van der Waals surface area contributed by atoms with Crippen LogP contribution < -0.4 is 5.73 Å². The van der Waals surface area contributed by atoms with E-state index in [1.54, 1.807) is 0 Å². The molecule has 1 heterocycles. The van der Waals surface area contributed by atoms with Crippen molar-refractivity contribution in [3.63, 3.8) is 0 Å². The molecule has 2 fully saturated rings. The molecule has 3 rings (SSSR count). The standard InChI is InChI=1S/C13H21N3O/c1-9-4-5-10(8-9)11-15-12(17-16-11)13(14)6-2-3-7-13/h9-10H,2-8,14H2,1H3. The summed E-state index contributed by atoms with van der Waals surface area (Å²) in [5.74, 6) is 2.85. The smallest absolute Gasteiger partial charge is 0.246 e. The van der Waals surface area contributed by atoms with Crippen LogP contribution in [0.3, 0.4) is 0 Å². The lowest BCUT2D eigenvalue weighted by Crippen LogP contribution is -2.33. The molecule has 2 aliphatic rings. The molecule has 17 heavy (non-hydrogen) atoms. The first kappa shape index (κ1) is 11.2. The van der Waals surface area contributed by atoms with Gasteiger partial charge >= 0.3 is 0 Å². The van der Waals surface area contributed by atoms with Crippen molar-refractivity contribution >= 4 is 0 Å². The molecule has 0 aromatic carbocycles. The Balaban J connectivity index is 1.78. The molecule has 0 aliphatic heterocycles. The zero-order valence-corrected chi connectivity index (χ0v) is 10.5. The normalized spacial score (nSPS) is 32.1. The van der Waals surface area contributed by atoms with Gasteiger partial charge in [-0.05, 0) is 38.0 Å². The van der Waals surface area contributed by atoms with Gasteiger partial charge in [0.2, 0.25) is 5.89 Å². The van der Waals surface area contributed by atoms with E-state index in [0.717, 1.165) is 24.6 Å². The summed E-state index contributed by atoms with van der Waals surface area (Å²) >= 11 is 0. The van der Waals surface area contributed by atoms with Gasteiger partial charge < -0.3 is 10.3 Å².